The number of fused-ring (bicyclic) bond motifs is 1. The van der Waals surface area contributed by atoms with Gasteiger partial charge in [0.25, 0.3) is 0 Å². The van der Waals surface area contributed by atoms with Crippen LogP contribution in [-0.4, -0.2) is 16.4 Å². The number of hydrogen-bond donors (Lipinski definition) is 2. The fourth-order valence-corrected chi connectivity index (χ4v) is 1.77. The average Bonchev–Trinajstić information content (AvgIpc) is 2.63. The first kappa shape index (κ1) is 8.52. The van der Waals surface area contributed by atoms with Crippen LogP contribution in [-0.2, 0) is 0 Å². The summed E-state index contributed by atoms with van der Waals surface area (Å²) < 4.78 is 4.70. The minimum absolute atomic E-state index is 0.563. The predicted octanol–water partition coefficient (Wildman–Crippen LogP) is 1.77. The van der Waals surface area contributed by atoms with Crippen LogP contribution in [0.2, 0.25) is 0 Å². The van der Waals surface area contributed by atoms with E-state index >= 15 is 0 Å². The van der Waals surface area contributed by atoms with Gasteiger partial charge < -0.3 is 11.1 Å². The highest BCUT2D eigenvalue weighted by molar-refractivity contribution is 5.95. The van der Waals surface area contributed by atoms with Gasteiger partial charge >= 0.3 is 0 Å². The van der Waals surface area contributed by atoms with Crippen LogP contribution in [0.1, 0.15) is 19.3 Å². The third kappa shape index (κ3) is 1.31. The van der Waals surface area contributed by atoms with Gasteiger partial charge in [0, 0.05) is 6.04 Å². The van der Waals surface area contributed by atoms with Crippen molar-refractivity contribution in [2.45, 2.75) is 25.3 Å². The maximum atomic E-state index is 5.76. The molecule has 15 heavy (non-hydrogen) atoms. The molecule has 0 radical (unpaired) electrons. The Hall–Kier alpha value is -1.78. The zero-order valence-corrected chi connectivity index (χ0v) is 8.23. The molecule has 3 N–H and O–H groups in total. The summed E-state index contributed by atoms with van der Waals surface area (Å²) in [5, 5.41) is 11.1. The number of benzene rings is 1. The number of anilines is 2. The summed E-state index contributed by atoms with van der Waals surface area (Å²) >= 11 is 0. The Morgan fingerprint density at radius 3 is 2.80 bits per heavy atom. The number of nitrogens with one attached hydrogen (secondary N) is 1. The van der Waals surface area contributed by atoms with Gasteiger partial charge in [-0.15, -0.1) is 0 Å². The molecule has 1 heterocycles. The molecule has 2 aromatic rings. The summed E-state index contributed by atoms with van der Waals surface area (Å²) in [6.45, 7) is 0. The van der Waals surface area contributed by atoms with Crippen LogP contribution in [0, 0.1) is 0 Å². The normalized spacial score (nSPS) is 16.5. The molecule has 1 aliphatic rings. The van der Waals surface area contributed by atoms with E-state index < -0.39 is 0 Å². The van der Waals surface area contributed by atoms with Crippen LogP contribution in [0.3, 0.4) is 0 Å². The monoisotopic (exact) mass is 204 g/mol. The molecule has 0 bridgehead atoms. The number of nitrogen functional groups attached to an aromatic ring is 1. The number of aromatic nitrogens is 2. The highest BCUT2D eigenvalue weighted by Gasteiger charge is 2.19. The molecule has 0 spiro atoms. The summed E-state index contributed by atoms with van der Waals surface area (Å²) in [4.78, 5) is 0. The molecule has 1 saturated carbocycles. The smallest absolute Gasteiger partial charge is 0.160 e. The van der Waals surface area contributed by atoms with Crippen molar-refractivity contribution in [1.29, 1.82) is 0 Å². The van der Waals surface area contributed by atoms with E-state index in [2.05, 4.69) is 15.6 Å². The molecule has 1 aromatic heterocycles. The van der Waals surface area contributed by atoms with E-state index in [0.717, 1.165) is 11.2 Å². The van der Waals surface area contributed by atoms with Gasteiger partial charge in [-0.25, -0.2) is 4.63 Å². The fourth-order valence-electron chi connectivity index (χ4n) is 1.77. The largest absolute Gasteiger partial charge is 0.397 e. The molecule has 1 aromatic carbocycles. The van der Waals surface area contributed by atoms with Crippen LogP contribution in [0.15, 0.2) is 16.8 Å². The SMILES string of the molecule is Nc1ccc(NC2CCC2)c2nonc12. The Balaban J connectivity index is 2.02. The molecule has 5 nitrogen and oxygen atoms in total. The number of nitrogens with zero attached hydrogens (tertiary/aromatic N) is 2. The first-order valence-electron chi connectivity index (χ1n) is 5.12. The van der Waals surface area contributed by atoms with E-state index in [9.17, 15) is 0 Å². The van der Waals surface area contributed by atoms with E-state index in [-0.39, 0.29) is 0 Å². The second-order valence-electron chi connectivity index (χ2n) is 3.94. The van der Waals surface area contributed by atoms with Gasteiger partial charge in [0.2, 0.25) is 0 Å². The molecule has 78 valence electrons. The molecule has 1 fully saturated rings. The maximum Gasteiger partial charge on any atom is 0.160 e. The first-order valence-corrected chi connectivity index (χ1v) is 5.12. The van der Waals surface area contributed by atoms with E-state index in [1.165, 1.54) is 19.3 Å². The second kappa shape index (κ2) is 3.12. The second-order valence-corrected chi connectivity index (χ2v) is 3.94. The van der Waals surface area contributed by atoms with Crippen molar-refractivity contribution in [2.75, 3.05) is 11.1 Å². The lowest BCUT2D eigenvalue weighted by Gasteiger charge is -2.27. The summed E-state index contributed by atoms with van der Waals surface area (Å²) in [6.07, 6.45) is 3.74. The van der Waals surface area contributed by atoms with Crippen LogP contribution in [0.5, 0.6) is 0 Å². The summed E-state index contributed by atoms with van der Waals surface area (Å²) in [5.41, 5.74) is 8.68. The highest BCUT2D eigenvalue weighted by atomic mass is 16.6. The third-order valence-corrected chi connectivity index (χ3v) is 2.91. The van der Waals surface area contributed by atoms with E-state index in [1.807, 2.05) is 12.1 Å². The van der Waals surface area contributed by atoms with Gasteiger partial charge in [0.1, 0.15) is 0 Å². The molecular weight excluding hydrogens is 192 g/mol. The van der Waals surface area contributed by atoms with Gasteiger partial charge in [0.05, 0.1) is 11.4 Å². The third-order valence-electron chi connectivity index (χ3n) is 2.91. The van der Waals surface area contributed by atoms with Crippen LogP contribution < -0.4 is 11.1 Å². The highest BCUT2D eigenvalue weighted by Crippen LogP contribution is 2.29. The summed E-state index contributed by atoms with van der Waals surface area (Å²) in [5.74, 6) is 0. The molecule has 1 aliphatic carbocycles. The van der Waals surface area contributed by atoms with Gasteiger partial charge in [-0.3, -0.25) is 0 Å². The van der Waals surface area contributed by atoms with E-state index in [1.54, 1.807) is 0 Å². The Morgan fingerprint density at radius 1 is 1.27 bits per heavy atom. The fraction of sp³-hybridized carbons (Fsp3) is 0.400. The maximum absolute atomic E-state index is 5.76. The van der Waals surface area contributed by atoms with Crippen molar-refractivity contribution in [3.8, 4) is 0 Å². The lowest BCUT2D eigenvalue weighted by molar-refractivity contribution is 0.315. The molecule has 0 unspecified atom stereocenters. The lowest BCUT2D eigenvalue weighted by Crippen LogP contribution is -2.27. The number of rotatable bonds is 2. The van der Waals surface area contributed by atoms with Gasteiger partial charge in [-0.05, 0) is 41.7 Å². The summed E-state index contributed by atoms with van der Waals surface area (Å²) in [6, 6.07) is 4.32. The topological polar surface area (TPSA) is 77.0 Å². The minimum Gasteiger partial charge on any atom is -0.397 e. The molecule has 0 atom stereocenters. The van der Waals surface area contributed by atoms with Crippen molar-refractivity contribution in [1.82, 2.24) is 10.3 Å². The first-order chi connectivity index (χ1) is 7.34. The van der Waals surface area contributed by atoms with Gasteiger partial charge in [-0.1, -0.05) is 0 Å². The van der Waals surface area contributed by atoms with Crippen molar-refractivity contribution >= 4 is 22.4 Å². The standard InChI is InChI=1S/C10H12N4O/c11-7-4-5-8(12-6-2-1-3-6)10-9(7)13-15-14-10/h4-6,12H,1-3,11H2. The molecule has 3 rings (SSSR count). The lowest BCUT2D eigenvalue weighted by atomic mass is 9.93. The molecule has 0 amide bonds. The van der Waals surface area contributed by atoms with E-state index in [0.29, 0.717) is 17.2 Å². The van der Waals surface area contributed by atoms with Crippen LogP contribution in [0.4, 0.5) is 11.4 Å². The van der Waals surface area contributed by atoms with Crippen molar-refractivity contribution in [3.05, 3.63) is 12.1 Å². The zero-order chi connectivity index (χ0) is 10.3. The van der Waals surface area contributed by atoms with Gasteiger partial charge in [0.15, 0.2) is 11.0 Å². The molecule has 0 aliphatic heterocycles. The Bertz CT molecular complexity index is 489. The average molecular weight is 204 g/mol. The predicted molar refractivity (Wildman–Crippen MR) is 57.5 cm³/mol. The molecule has 0 saturated heterocycles. The van der Waals surface area contributed by atoms with Crippen molar-refractivity contribution in [2.24, 2.45) is 0 Å². The van der Waals surface area contributed by atoms with Crippen molar-refractivity contribution < 1.29 is 4.63 Å². The quantitative estimate of drug-likeness (QED) is 0.729. The zero-order valence-electron chi connectivity index (χ0n) is 8.23. The minimum atomic E-state index is 0.563. The van der Waals surface area contributed by atoms with E-state index in [4.69, 9.17) is 10.4 Å². The van der Waals surface area contributed by atoms with Gasteiger partial charge in [-0.2, -0.15) is 0 Å². The molecular formula is C10H12N4O. The van der Waals surface area contributed by atoms with Crippen LogP contribution >= 0.6 is 0 Å². The Labute approximate surface area is 86.6 Å². The summed E-state index contributed by atoms with van der Waals surface area (Å²) in [7, 11) is 0. The Morgan fingerprint density at radius 2 is 2.07 bits per heavy atom. The van der Waals surface area contributed by atoms with Crippen LogP contribution in [0.25, 0.3) is 11.0 Å². The number of nitrogens with two attached hydrogens (primary N) is 1. The molecule has 5 heteroatoms. The number of hydrogen-bond acceptors (Lipinski definition) is 5. The van der Waals surface area contributed by atoms with Crippen molar-refractivity contribution in [3.63, 3.8) is 0 Å². The Kier molecular flexibility index (Phi) is 1.77.